The minimum Gasteiger partial charge on any atom is -0.302 e. The highest BCUT2D eigenvalue weighted by molar-refractivity contribution is 6.30. The smallest absolute Gasteiger partial charge is 0.0570 e. The van der Waals surface area contributed by atoms with Gasteiger partial charge in [-0.1, -0.05) is 43.6 Å². The fraction of sp³-hybridized carbons (Fsp3) is 0.353. The first-order valence-corrected chi connectivity index (χ1v) is 7.38. The molecule has 1 N–H and O–H groups in total. The van der Waals surface area contributed by atoms with Crippen molar-refractivity contribution in [3.63, 3.8) is 0 Å². The summed E-state index contributed by atoms with van der Waals surface area (Å²) < 4.78 is 0. The van der Waals surface area contributed by atoms with Crippen LogP contribution < -0.4 is 5.32 Å². The highest BCUT2D eigenvalue weighted by Gasteiger charge is 2.19. The van der Waals surface area contributed by atoms with Gasteiger partial charge in [0.05, 0.1) is 5.69 Å². The summed E-state index contributed by atoms with van der Waals surface area (Å²) in [5.41, 5.74) is 2.32. The number of hydrogen-bond acceptors (Lipinski definition) is 2. The lowest BCUT2D eigenvalue weighted by Crippen LogP contribution is -2.28. The average molecular weight is 289 g/mol. The molecule has 3 heteroatoms. The monoisotopic (exact) mass is 288 g/mol. The molecule has 0 bridgehead atoms. The van der Waals surface area contributed by atoms with Crippen LogP contribution in [0.3, 0.4) is 0 Å². The molecule has 0 fully saturated rings. The molecule has 2 nitrogen and oxygen atoms in total. The summed E-state index contributed by atoms with van der Waals surface area (Å²) in [6, 6.07) is 14.6. The fourth-order valence-electron chi connectivity index (χ4n) is 2.33. The Morgan fingerprint density at radius 3 is 2.25 bits per heavy atom. The van der Waals surface area contributed by atoms with Gasteiger partial charge in [-0.3, -0.25) is 4.98 Å². The molecule has 2 unspecified atom stereocenters. The van der Waals surface area contributed by atoms with Gasteiger partial charge in [0.25, 0.3) is 0 Å². The van der Waals surface area contributed by atoms with E-state index in [0.717, 1.165) is 10.7 Å². The number of halogens is 1. The molecule has 0 radical (unpaired) electrons. The third kappa shape index (κ3) is 3.81. The Balaban J connectivity index is 2.16. The van der Waals surface area contributed by atoms with E-state index in [1.54, 1.807) is 0 Å². The zero-order chi connectivity index (χ0) is 14.5. The number of nitrogens with one attached hydrogen (secondary N) is 1. The molecule has 106 valence electrons. The number of pyridine rings is 1. The average Bonchev–Trinajstić information content (AvgIpc) is 2.46. The van der Waals surface area contributed by atoms with Crippen molar-refractivity contribution in [2.75, 3.05) is 0 Å². The van der Waals surface area contributed by atoms with E-state index in [9.17, 15) is 0 Å². The summed E-state index contributed by atoms with van der Waals surface area (Å²) in [4.78, 5) is 4.42. The molecular weight excluding hydrogens is 268 g/mol. The van der Waals surface area contributed by atoms with Gasteiger partial charge in [0.2, 0.25) is 0 Å². The van der Waals surface area contributed by atoms with Crippen LogP contribution in [0, 0.1) is 5.92 Å². The van der Waals surface area contributed by atoms with Crippen molar-refractivity contribution in [2.45, 2.75) is 32.9 Å². The largest absolute Gasteiger partial charge is 0.302 e. The molecule has 0 aliphatic rings. The summed E-state index contributed by atoms with van der Waals surface area (Å²) in [6.07, 6.45) is 1.83. The molecule has 2 atom stereocenters. The molecule has 0 spiro atoms. The van der Waals surface area contributed by atoms with Gasteiger partial charge in [-0.05, 0) is 42.7 Å². The normalized spacial score (nSPS) is 14.2. The van der Waals surface area contributed by atoms with E-state index in [-0.39, 0.29) is 12.1 Å². The molecule has 0 saturated heterocycles. The zero-order valence-electron chi connectivity index (χ0n) is 12.2. The molecule has 1 aromatic heterocycles. The number of hydrogen-bond donors (Lipinski definition) is 1. The summed E-state index contributed by atoms with van der Waals surface area (Å²) in [7, 11) is 0. The Kier molecular flexibility index (Phi) is 5.16. The SMILES string of the molecule is CC(NC(c1ccc(Cl)cc1)C(C)C)c1ccccn1. The maximum Gasteiger partial charge on any atom is 0.0570 e. The summed E-state index contributed by atoms with van der Waals surface area (Å²) in [5.74, 6) is 0.488. The Morgan fingerprint density at radius 1 is 1.00 bits per heavy atom. The van der Waals surface area contributed by atoms with Crippen molar-refractivity contribution in [1.29, 1.82) is 0 Å². The van der Waals surface area contributed by atoms with E-state index in [0.29, 0.717) is 5.92 Å². The lowest BCUT2D eigenvalue weighted by atomic mass is 9.95. The Labute approximate surface area is 126 Å². The number of aromatic nitrogens is 1. The second-order valence-electron chi connectivity index (χ2n) is 5.42. The van der Waals surface area contributed by atoms with Gasteiger partial charge in [-0.15, -0.1) is 0 Å². The van der Waals surface area contributed by atoms with Crippen molar-refractivity contribution in [2.24, 2.45) is 5.92 Å². The van der Waals surface area contributed by atoms with Crippen LogP contribution in [0.4, 0.5) is 0 Å². The van der Waals surface area contributed by atoms with Gasteiger partial charge in [0.1, 0.15) is 0 Å². The minimum atomic E-state index is 0.208. The minimum absolute atomic E-state index is 0.208. The van der Waals surface area contributed by atoms with Crippen LogP contribution in [0.5, 0.6) is 0 Å². The molecule has 2 aromatic rings. The van der Waals surface area contributed by atoms with Crippen molar-refractivity contribution in [3.05, 3.63) is 64.9 Å². The quantitative estimate of drug-likeness (QED) is 0.856. The number of rotatable bonds is 5. The standard InChI is InChI=1S/C17H21ClN2/c1-12(2)17(14-7-9-15(18)10-8-14)20-13(3)16-6-4-5-11-19-16/h4-13,17,20H,1-3H3. The zero-order valence-corrected chi connectivity index (χ0v) is 12.9. The predicted octanol–water partition coefficient (Wildman–Crippen LogP) is 4.78. The van der Waals surface area contributed by atoms with Gasteiger partial charge in [0.15, 0.2) is 0 Å². The lowest BCUT2D eigenvalue weighted by molar-refractivity contribution is 0.371. The van der Waals surface area contributed by atoms with Crippen LogP contribution in [0.2, 0.25) is 5.02 Å². The van der Waals surface area contributed by atoms with Gasteiger partial charge in [-0.25, -0.2) is 0 Å². The van der Waals surface area contributed by atoms with E-state index < -0.39 is 0 Å². The lowest BCUT2D eigenvalue weighted by Gasteiger charge is -2.27. The summed E-state index contributed by atoms with van der Waals surface area (Å²) >= 11 is 5.97. The van der Waals surface area contributed by atoms with E-state index in [1.807, 2.05) is 30.5 Å². The highest BCUT2D eigenvalue weighted by atomic mass is 35.5. The van der Waals surface area contributed by atoms with Gasteiger partial charge < -0.3 is 5.32 Å². The molecule has 0 aliphatic heterocycles. The molecule has 0 amide bonds. The summed E-state index contributed by atoms with van der Waals surface area (Å²) in [6.45, 7) is 6.59. The maximum atomic E-state index is 5.97. The first kappa shape index (κ1) is 15.0. The highest BCUT2D eigenvalue weighted by Crippen LogP contribution is 2.26. The van der Waals surface area contributed by atoms with E-state index in [4.69, 9.17) is 11.6 Å². The maximum absolute atomic E-state index is 5.97. The molecule has 0 saturated carbocycles. The van der Waals surface area contributed by atoms with E-state index >= 15 is 0 Å². The van der Waals surface area contributed by atoms with Gasteiger partial charge in [0, 0.05) is 23.3 Å². The van der Waals surface area contributed by atoms with Crippen molar-refractivity contribution in [3.8, 4) is 0 Å². The van der Waals surface area contributed by atoms with Crippen molar-refractivity contribution < 1.29 is 0 Å². The number of benzene rings is 1. The molecule has 20 heavy (non-hydrogen) atoms. The van der Waals surface area contributed by atoms with E-state index in [1.165, 1.54) is 5.56 Å². The third-order valence-electron chi connectivity index (χ3n) is 3.46. The van der Waals surface area contributed by atoms with Crippen LogP contribution in [0.15, 0.2) is 48.7 Å². The third-order valence-corrected chi connectivity index (χ3v) is 3.71. The van der Waals surface area contributed by atoms with E-state index in [2.05, 4.69) is 49.3 Å². The molecule has 1 heterocycles. The van der Waals surface area contributed by atoms with Crippen LogP contribution in [-0.2, 0) is 0 Å². The van der Waals surface area contributed by atoms with Gasteiger partial charge in [-0.2, -0.15) is 0 Å². The topological polar surface area (TPSA) is 24.9 Å². The first-order chi connectivity index (χ1) is 9.58. The fourth-order valence-corrected chi connectivity index (χ4v) is 2.46. The molecule has 1 aromatic carbocycles. The van der Waals surface area contributed by atoms with Gasteiger partial charge >= 0.3 is 0 Å². The number of nitrogens with zero attached hydrogens (tertiary/aromatic N) is 1. The van der Waals surface area contributed by atoms with Crippen LogP contribution in [0.25, 0.3) is 0 Å². The van der Waals surface area contributed by atoms with Crippen molar-refractivity contribution >= 4 is 11.6 Å². The molecular formula is C17H21ClN2. The van der Waals surface area contributed by atoms with Crippen LogP contribution >= 0.6 is 11.6 Å². The first-order valence-electron chi connectivity index (χ1n) is 7.00. The predicted molar refractivity (Wildman–Crippen MR) is 84.8 cm³/mol. The Hall–Kier alpha value is -1.38. The molecule has 2 rings (SSSR count). The van der Waals surface area contributed by atoms with Crippen LogP contribution in [0.1, 0.15) is 44.1 Å². The Morgan fingerprint density at radius 2 is 1.70 bits per heavy atom. The molecule has 0 aliphatic carbocycles. The van der Waals surface area contributed by atoms with Crippen LogP contribution in [-0.4, -0.2) is 4.98 Å². The Bertz CT molecular complexity index is 522. The second kappa shape index (κ2) is 6.87. The summed E-state index contributed by atoms with van der Waals surface area (Å²) in [5, 5.41) is 4.44. The van der Waals surface area contributed by atoms with Crippen molar-refractivity contribution in [1.82, 2.24) is 10.3 Å². The second-order valence-corrected chi connectivity index (χ2v) is 5.85.